The fourth-order valence-electron chi connectivity index (χ4n) is 2.64. The zero-order valence-corrected chi connectivity index (χ0v) is 15.6. The molecule has 0 radical (unpaired) electrons. The molecule has 3 aromatic rings. The number of carbonyl (C=O) groups excluding carboxylic acids is 2. The molecule has 3 aromatic carbocycles. The Kier molecular flexibility index (Phi) is 6.41. The summed E-state index contributed by atoms with van der Waals surface area (Å²) in [4.78, 5) is 24.7. The first-order chi connectivity index (χ1) is 13.6. The Bertz CT molecular complexity index is 927. The molecule has 0 fully saturated rings. The van der Waals surface area contributed by atoms with Crippen molar-refractivity contribution in [3.8, 4) is 5.75 Å². The molecule has 0 aliphatic carbocycles. The van der Waals surface area contributed by atoms with Crippen molar-refractivity contribution >= 4 is 17.5 Å². The van der Waals surface area contributed by atoms with Crippen molar-refractivity contribution in [3.63, 3.8) is 0 Å². The van der Waals surface area contributed by atoms with Crippen LogP contribution in [0.2, 0.25) is 0 Å². The molecule has 0 spiro atoms. The number of anilines is 1. The molecule has 5 nitrogen and oxygen atoms in total. The minimum atomic E-state index is -0.619. The molecule has 0 heterocycles. The fraction of sp³-hybridized carbons (Fsp3) is 0.130. The monoisotopic (exact) mass is 374 g/mol. The third kappa shape index (κ3) is 5.45. The Morgan fingerprint density at radius 3 is 2.29 bits per heavy atom. The number of ether oxygens (including phenoxy) is 1. The second-order valence-corrected chi connectivity index (χ2v) is 6.31. The van der Waals surface area contributed by atoms with E-state index in [0.29, 0.717) is 17.9 Å². The zero-order valence-electron chi connectivity index (χ0n) is 15.6. The molecule has 5 heteroatoms. The van der Waals surface area contributed by atoms with Gasteiger partial charge in [0.1, 0.15) is 5.75 Å². The van der Waals surface area contributed by atoms with Gasteiger partial charge in [-0.2, -0.15) is 0 Å². The topological polar surface area (TPSA) is 67.4 Å². The highest BCUT2D eigenvalue weighted by Crippen LogP contribution is 2.12. The highest BCUT2D eigenvalue weighted by molar-refractivity contribution is 6.04. The van der Waals surface area contributed by atoms with Crippen molar-refractivity contribution < 1.29 is 14.3 Å². The van der Waals surface area contributed by atoms with E-state index in [1.807, 2.05) is 54.6 Å². The largest absolute Gasteiger partial charge is 0.481 e. The highest BCUT2D eigenvalue weighted by atomic mass is 16.5. The number of nitrogens with one attached hydrogen (secondary N) is 2. The van der Waals surface area contributed by atoms with Gasteiger partial charge in [-0.25, -0.2) is 0 Å². The summed E-state index contributed by atoms with van der Waals surface area (Å²) in [7, 11) is 0. The summed E-state index contributed by atoms with van der Waals surface area (Å²) in [6.45, 7) is 2.01. The summed E-state index contributed by atoms with van der Waals surface area (Å²) in [6, 6.07) is 25.6. The molecular formula is C23H22N2O3. The maximum atomic E-state index is 12.4. The smallest absolute Gasteiger partial charge is 0.261 e. The zero-order chi connectivity index (χ0) is 19.8. The summed E-state index contributed by atoms with van der Waals surface area (Å²) in [6.07, 6.45) is -0.619. The van der Waals surface area contributed by atoms with E-state index in [1.54, 1.807) is 37.3 Å². The van der Waals surface area contributed by atoms with E-state index >= 15 is 0 Å². The van der Waals surface area contributed by atoms with Crippen LogP contribution in [0.25, 0.3) is 0 Å². The van der Waals surface area contributed by atoms with Gasteiger partial charge in [-0.3, -0.25) is 9.59 Å². The van der Waals surface area contributed by atoms with Gasteiger partial charge in [0, 0.05) is 17.8 Å². The standard InChI is InChI=1S/C23H22N2O3/c1-17(28-21-13-6-3-7-14-21)22(26)24-16-18-9-8-10-19(15-18)23(27)25-20-11-4-2-5-12-20/h2-15,17H,16H2,1H3,(H,24,26)(H,25,27). The average molecular weight is 374 g/mol. The molecule has 0 saturated heterocycles. The van der Waals surface area contributed by atoms with E-state index in [0.717, 1.165) is 11.3 Å². The molecule has 0 aliphatic heterocycles. The van der Waals surface area contributed by atoms with Crippen LogP contribution in [0.3, 0.4) is 0 Å². The fourth-order valence-corrected chi connectivity index (χ4v) is 2.64. The third-order valence-electron chi connectivity index (χ3n) is 4.11. The SMILES string of the molecule is CC(Oc1ccccc1)C(=O)NCc1cccc(C(=O)Nc2ccccc2)c1. The molecule has 2 amide bonds. The van der Waals surface area contributed by atoms with Crippen LogP contribution in [0, 0.1) is 0 Å². The summed E-state index contributed by atoms with van der Waals surface area (Å²) < 4.78 is 5.62. The first kappa shape index (κ1) is 19.2. The minimum absolute atomic E-state index is 0.194. The number of carbonyl (C=O) groups is 2. The first-order valence-electron chi connectivity index (χ1n) is 9.06. The minimum Gasteiger partial charge on any atom is -0.481 e. The molecule has 1 atom stereocenters. The van der Waals surface area contributed by atoms with Gasteiger partial charge in [-0.05, 0) is 48.9 Å². The van der Waals surface area contributed by atoms with Crippen LogP contribution in [0.5, 0.6) is 5.75 Å². The van der Waals surface area contributed by atoms with Crippen LogP contribution in [0.1, 0.15) is 22.8 Å². The highest BCUT2D eigenvalue weighted by Gasteiger charge is 2.14. The lowest BCUT2D eigenvalue weighted by atomic mass is 10.1. The number of amides is 2. The van der Waals surface area contributed by atoms with Gasteiger partial charge in [0.2, 0.25) is 0 Å². The Morgan fingerprint density at radius 1 is 0.893 bits per heavy atom. The lowest BCUT2D eigenvalue weighted by molar-refractivity contribution is -0.127. The van der Waals surface area contributed by atoms with Gasteiger partial charge < -0.3 is 15.4 Å². The molecule has 1 unspecified atom stereocenters. The van der Waals surface area contributed by atoms with Crippen LogP contribution in [0.4, 0.5) is 5.69 Å². The van der Waals surface area contributed by atoms with E-state index in [-0.39, 0.29) is 11.8 Å². The van der Waals surface area contributed by atoms with Gasteiger partial charge in [0.25, 0.3) is 11.8 Å². The van der Waals surface area contributed by atoms with Gasteiger partial charge in [-0.15, -0.1) is 0 Å². The van der Waals surface area contributed by atoms with Crippen LogP contribution in [0.15, 0.2) is 84.9 Å². The van der Waals surface area contributed by atoms with E-state index in [4.69, 9.17) is 4.74 Å². The molecule has 3 rings (SSSR count). The van der Waals surface area contributed by atoms with Crippen molar-refractivity contribution in [1.29, 1.82) is 0 Å². The Balaban J connectivity index is 1.55. The Labute approximate surface area is 164 Å². The Hall–Kier alpha value is -3.60. The summed E-state index contributed by atoms with van der Waals surface area (Å²) >= 11 is 0. The number of benzene rings is 3. The predicted octanol–water partition coefficient (Wildman–Crippen LogP) is 4.02. The molecule has 142 valence electrons. The second kappa shape index (κ2) is 9.37. The van der Waals surface area contributed by atoms with E-state index < -0.39 is 6.10 Å². The Morgan fingerprint density at radius 2 is 1.57 bits per heavy atom. The number of hydrogen-bond acceptors (Lipinski definition) is 3. The maximum Gasteiger partial charge on any atom is 0.261 e. The van der Waals surface area contributed by atoms with Gasteiger partial charge >= 0.3 is 0 Å². The molecule has 0 aromatic heterocycles. The van der Waals surface area contributed by atoms with Gasteiger partial charge in [-0.1, -0.05) is 48.5 Å². The second-order valence-electron chi connectivity index (χ2n) is 6.31. The first-order valence-corrected chi connectivity index (χ1v) is 9.06. The van der Waals surface area contributed by atoms with E-state index in [2.05, 4.69) is 10.6 Å². The summed E-state index contributed by atoms with van der Waals surface area (Å²) in [5.74, 6) is 0.230. The van der Waals surface area contributed by atoms with Crippen molar-refractivity contribution in [3.05, 3.63) is 96.1 Å². The predicted molar refractivity (Wildman–Crippen MR) is 109 cm³/mol. The van der Waals surface area contributed by atoms with Crippen LogP contribution in [-0.2, 0) is 11.3 Å². The van der Waals surface area contributed by atoms with Crippen LogP contribution < -0.4 is 15.4 Å². The third-order valence-corrected chi connectivity index (χ3v) is 4.11. The van der Waals surface area contributed by atoms with Crippen LogP contribution in [-0.4, -0.2) is 17.9 Å². The summed E-state index contributed by atoms with van der Waals surface area (Å²) in [5.41, 5.74) is 2.10. The van der Waals surface area contributed by atoms with Crippen molar-refractivity contribution in [1.82, 2.24) is 5.32 Å². The number of para-hydroxylation sites is 2. The molecule has 0 saturated carbocycles. The van der Waals surface area contributed by atoms with Crippen molar-refractivity contribution in [2.45, 2.75) is 19.6 Å². The normalized spacial score (nSPS) is 11.3. The molecule has 0 bridgehead atoms. The average Bonchev–Trinajstić information content (AvgIpc) is 2.73. The van der Waals surface area contributed by atoms with E-state index in [1.165, 1.54) is 0 Å². The molecule has 0 aliphatic rings. The van der Waals surface area contributed by atoms with Gasteiger partial charge in [0.15, 0.2) is 6.10 Å². The lowest BCUT2D eigenvalue weighted by Gasteiger charge is -2.15. The van der Waals surface area contributed by atoms with Gasteiger partial charge in [0.05, 0.1) is 0 Å². The van der Waals surface area contributed by atoms with Crippen LogP contribution >= 0.6 is 0 Å². The van der Waals surface area contributed by atoms with E-state index in [9.17, 15) is 9.59 Å². The molecular weight excluding hydrogens is 352 g/mol. The quantitative estimate of drug-likeness (QED) is 0.656. The molecule has 2 N–H and O–H groups in total. The van der Waals surface area contributed by atoms with Crippen molar-refractivity contribution in [2.75, 3.05) is 5.32 Å². The number of hydrogen-bond donors (Lipinski definition) is 2. The number of rotatable bonds is 7. The lowest BCUT2D eigenvalue weighted by Crippen LogP contribution is -2.35. The molecule has 28 heavy (non-hydrogen) atoms. The summed E-state index contributed by atoms with van der Waals surface area (Å²) in [5, 5.41) is 5.69. The maximum absolute atomic E-state index is 12.4. The van der Waals surface area contributed by atoms with Crippen molar-refractivity contribution in [2.24, 2.45) is 0 Å².